The van der Waals surface area contributed by atoms with Gasteiger partial charge in [-0.1, -0.05) is 42.8 Å². The summed E-state index contributed by atoms with van der Waals surface area (Å²) < 4.78 is 25.8. The first-order valence-corrected chi connectivity index (χ1v) is 9.76. The predicted octanol–water partition coefficient (Wildman–Crippen LogP) is 7.29. The van der Waals surface area contributed by atoms with Crippen molar-refractivity contribution in [2.24, 2.45) is 5.92 Å². The van der Waals surface area contributed by atoms with E-state index in [2.05, 4.69) is 12.1 Å². The van der Waals surface area contributed by atoms with Gasteiger partial charge in [-0.2, -0.15) is 5.26 Å². The topological polar surface area (TPSA) is 23.8 Å². The molecule has 0 spiro atoms. The van der Waals surface area contributed by atoms with Crippen LogP contribution in [0.25, 0.3) is 11.1 Å². The maximum Gasteiger partial charge on any atom is 0.141 e. The van der Waals surface area contributed by atoms with Gasteiger partial charge in [0.1, 0.15) is 11.9 Å². The van der Waals surface area contributed by atoms with Crippen molar-refractivity contribution in [2.45, 2.75) is 50.9 Å². The van der Waals surface area contributed by atoms with Gasteiger partial charge < -0.3 is 0 Å². The normalized spacial score (nSPS) is 19.9. The van der Waals surface area contributed by atoms with E-state index in [-0.39, 0.29) is 5.56 Å². The number of benzene rings is 2. The first-order valence-electron chi connectivity index (χ1n) is 9.76. The molecular weight excluding hydrogens is 340 g/mol. The van der Waals surface area contributed by atoms with Crippen LogP contribution in [0.15, 0.2) is 54.9 Å². The number of hydrogen-bond acceptors (Lipinski definition) is 1. The van der Waals surface area contributed by atoms with E-state index in [1.807, 2.05) is 18.2 Å². The zero-order chi connectivity index (χ0) is 19.1. The Morgan fingerprint density at radius 1 is 1.00 bits per heavy atom. The Bertz CT molecular complexity index is 809. The van der Waals surface area contributed by atoms with Gasteiger partial charge in [-0.05, 0) is 79.2 Å². The average molecular weight is 365 g/mol. The molecule has 0 saturated heterocycles. The Morgan fingerprint density at radius 2 is 1.70 bits per heavy atom. The molecule has 0 atom stereocenters. The van der Waals surface area contributed by atoms with Gasteiger partial charge in [0.2, 0.25) is 0 Å². The molecule has 0 bridgehead atoms. The summed E-state index contributed by atoms with van der Waals surface area (Å²) in [6.07, 6.45) is 10.3. The summed E-state index contributed by atoms with van der Waals surface area (Å²) in [4.78, 5) is 0. The molecule has 0 N–H and O–H groups in total. The summed E-state index contributed by atoms with van der Waals surface area (Å²) in [6.45, 7) is 0. The highest BCUT2D eigenvalue weighted by Crippen LogP contribution is 2.38. The highest BCUT2D eigenvalue weighted by molar-refractivity contribution is 5.64. The Kier molecular flexibility index (Phi) is 6.76. The Morgan fingerprint density at radius 3 is 2.33 bits per heavy atom. The van der Waals surface area contributed by atoms with Crippen molar-refractivity contribution in [3.05, 3.63) is 71.8 Å². The lowest BCUT2D eigenvalue weighted by Crippen LogP contribution is -2.13. The van der Waals surface area contributed by atoms with Crippen LogP contribution in [-0.2, 0) is 0 Å². The monoisotopic (exact) mass is 365 g/mol. The number of allylic oxidation sites excluding steroid dienone is 1. The third-order valence-corrected chi connectivity index (χ3v) is 5.72. The quantitative estimate of drug-likeness (QED) is 0.493. The minimum atomic E-state index is -0.473. The number of unbranched alkanes of at least 4 members (excludes halogenated alkanes) is 1. The summed E-state index contributed by atoms with van der Waals surface area (Å²) in [7, 11) is 0. The molecule has 2 aromatic rings. The minimum absolute atomic E-state index is 0.0767. The zero-order valence-electron chi connectivity index (χ0n) is 15.5. The van der Waals surface area contributed by atoms with Gasteiger partial charge >= 0.3 is 0 Å². The lowest BCUT2D eigenvalue weighted by molar-refractivity contribution is 0.305. The smallest absolute Gasteiger partial charge is 0.141 e. The van der Waals surface area contributed by atoms with E-state index in [1.165, 1.54) is 49.8 Å². The summed E-state index contributed by atoms with van der Waals surface area (Å²) in [5, 5.41) is 8.84. The van der Waals surface area contributed by atoms with Gasteiger partial charge in [-0.15, -0.1) is 0 Å². The average Bonchev–Trinajstić information content (AvgIpc) is 2.72. The predicted molar refractivity (Wildman–Crippen MR) is 105 cm³/mol. The fraction of sp³-hybridized carbons (Fsp3) is 0.375. The zero-order valence-corrected chi connectivity index (χ0v) is 15.5. The molecular formula is C24H25F2N. The van der Waals surface area contributed by atoms with Crippen LogP contribution in [-0.4, -0.2) is 0 Å². The number of halogens is 2. The summed E-state index contributed by atoms with van der Waals surface area (Å²) in [6, 6.07) is 15.0. The lowest BCUT2D eigenvalue weighted by Gasteiger charge is -2.29. The number of nitriles is 1. The van der Waals surface area contributed by atoms with E-state index in [1.54, 1.807) is 12.1 Å². The van der Waals surface area contributed by atoms with E-state index in [0.717, 1.165) is 29.9 Å². The molecule has 0 aliphatic heterocycles. The van der Waals surface area contributed by atoms with Crippen molar-refractivity contribution in [2.75, 3.05) is 0 Å². The Balaban J connectivity index is 1.57. The van der Waals surface area contributed by atoms with E-state index >= 15 is 0 Å². The van der Waals surface area contributed by atoms with E-state index in [9.17, 15) is 8.78 Å². The minimum Gasteiger partial charge on any atom is -0.216 e. The van der Waals surface area contributed by atoms with Gasteiger partial charge in [0, 0.05) is 0 Å². The van der Waals surface area contributed by atoms with E-state index in [4.69, 9.17) is 5.26 Å². The molecule has 1 fully saturated rings. The molecule has 140 valence electrons. The lowest BCUT2D eigenvalue weighted by atomic mass is 9.77. The van der Waals surface area contributed by atoms with Crippen LogP contribution >= 0.6 is 0 Å². The van der Waals surface area contributed by atoms with Gasteiger partial charge in [-0.3, -0.25) is 0 Å². The van der Waals surface area contributed by atoms with Gasteiger partial charge in [0.15, 0.2) is 0 Å². The van der Waals surface area contributed by atoms with Crippen LogP contribution in [0.4, 0.5) is 8.78 Å². The molecule has 0 heterocycles. The fourth-order valence-electron chi connectivity index (χ4n) is 4.10. The summed E-state index contributed by atoms with van der Waals surface area (Å²) >= 11 is 0. The highest BCUT2D eigenvalue weighted by atomic mass is 19.1. The standard InChI is InChI=1S/C24H25F2N/c25-15-3-1-2-4-18-5-7-19(8-6-18)20-9-11-21(12-10-20)22-13-14-23(17-27)24(26)16-22/h3,9-16,18-19H,1-2,4-8H2. The molecule has 0 radical (unpaired) electrons. The summed E-state index contributed by atoms with van der Waals surface area (Å²) in [5.74, 6) is 0.897. The second-order valence-corrected chi connectivity index (χ2v) is 7.44. The molecule has 27 heavy (non-hydrogen) atoms. The third kappa shape index (κ3) is 5.04. The molecule has 0 amide bonds. The second-order valence-electron chi connectivity index (χ2n) is 7.44. The van der Waals surface area contributed by atoms with E-state index < -0.39 is 5.82 Å². The molecule has 0 aromatic heterocycles. The molecule has 1 saturated carbocycles. The van der Waals surface area contributed by atoms with Gasteiger partial charge in [0.05, 0.1) is 11.9 Å². The van der Waals surface area contributed by atoms with Crippen molar-refractivity contribution in [1.29, 1.82) is 5.26 Å². The van der Waals surface area contributed by atoms with Crippen LogP contribution in [0.1, 0.15) is 62.0 Å². The largest absolute Gasteiger partial charge is 0.216 e. The van der Waals surface area contributed by atoms with Crippen molar-refractivity contribution in [3.8, 4) is 17.2 Å². The number of hydrogen-bond donors (Lipinski definition) is 0. The second kappa shape index (κ2) is 9.46. The molecule has 0 unspecified atom stereocenters. The third-order valence-electron chi connectivity index (χ3n) is 5.72. The van der Waals surface area contributed by atoms with Crippen LogP contribution in [0.5, 0.6) is 0 Å². The molecule has 1 nitrogen and oxygen atoms in total. The maximum absolute atomic E-state index is 13.8. The maximum atomic E-state index is 13.8. The molecule has 3 rings (SSSR count). The van der Waals surface area contributed by atoms with Crippen LogP contribution in [0, 0.1) is 23.1 Å². The van der Waals surface area contributed by atoms with Crippen LogP contribution in [0.2, 0.25) is 0 Å². The first kappa shape index (κ1) is 19.3. The number of nitrogens with zero attached hydrogens (tertiary/aromatic N) is 1. The SMILES string of the molecule is N#Cc1ccc(-c2ccc(C3CCC(CCCC=CF)CC3)cc2)cc1F. The van der Waals surface area contributed by atoms with E-state index in [0.29, 0.717) is 12.2 Å². The van der Waals surface area contributed by atoms with Crippen LogP contribution < -0.4 is 0 Å². The number of rotatable bonds is 6. The van der Waals surface area contributed by atoms with Gasteiger partial charge in [0.25, 0.3) is 0 Å². The Labute approximate surface area is 160 Å². The van der Waals surface area contributed by atoms with Crippen molar-refractivity contribution < 1.29 is 8.78 Å². The molecule has 1 aliphatic rings. The molecule has 1 aliphatic carbocycles. The fourth-order valence-corrected chi connectivity index (χ4v) is 4.10. The van der Waals surface area contributed by atoms with Crippen molar-refractivity contribution in [3.63, 3.8) is 0 Å². The van der Waals surface area contributed by atoms with Crippen molar-refractivity contribution >= 4 is 0 Å². The highest BCUT2D eigenvalue weighted by Gasteiger charge is 2.22. The molecule has 2 aromatic carbocycles. The van der Waals surface area contributed by atoms with Crippen LogP contribution in [0.3, 0.4) is 0 Å². The van der Waals surface area contributed by atoms with Gasteiger partial charge in [-0.25, -0.2) is 8.78 Å². The van der Waals surface area contributed by atoms with Crippen molar-refractivity contribution in [1.82, 2.24) is 0 Å². The Hall–Kier alpha value is -2.47. The molecule has 3 heteroatoms. The first-order chi connectivity index (χ1) is 13.2. The summed E-state index contributed by atoms with van der Waals surface area (Å²) in [5.41, 5.74) is 3.19.